The van der Waals surface area contributed by atoms with Crippen molar-refractivity contribution < 1.29 is 9.59 Å². The predicted octanol–water partition coefficient (Wildman–Crippen LogP) is 7.79. The van der Waals surface area contributed by atoms with E-state index < -0.39 is 5.25 Å². The number of amides is 1. The minimum absolute atomic E-state index is 0.0167. The average molecular weight is 540 g/mol. The molecular formula is C31H29N3O2S2. The van der Waals surface area contributed by atoms with E-state index in [1.165, 1.54) is 18.7 Å². The number of thioether (sulfide) groups is 1. The maximum atomic E-state index is 13.5. The fourth-order valence-corrected chi connectivity index (χ4v) is 5.24. The van der Waals surface area contributed by atoms with Crippen LogP contribution in [0, 0.1) is 13.8 Å². The van der Waals surface area contributed by atoms with Crippen LogP contribution in [0.5, 0.6) is 0 Å². The summed E-state index contributed by atoms with van der Waals surface area (Å²) in [7, 11) is 0. The number of carbonyl (C=O) groups excluding carboxylic acids is 2. The van der Waals surface area contributed by atoms with Crippen molar-refractivity contribution in [3.8, 4) is 0 Å². The second-order valence-electron chi connectivity index (χ2n) is 8.96. The Morgan fingerprint density at radius 1 is 0.763 bits per heavy atom. The number of hydrogen-bond acceptors (Lipinski definition) is 4. The van der Waals surface area contributed by atoms with Gasteiger partial charge in [-0.2, -0.15) is 0 Å². The van der Waals surface area contributed by atoms with Crippen LogP contribution in [0.15, 0.2) is 102 Å². The minimum atomic E-state index is -0.447. The third kappa shape index (κ3) is 7.31. The van der Waals surface area contributed by atoms with Crippen LogP contribution >= 0.6 is 24.0 Å². The van der Waals surface area contributed by atoms with Crippen LogP contribution in [0.4, 0.5) is 17.1 Å². The molecule has 0 radical (unpaired) electrons. The fourth-order valence-electron chi connectivity index (χ4n) is 3.92. The van der Waals surface area contributed by atoms with Gasteiger partial charge in [-0.3, -0.25) is 9.59 Å². The van der Waals surface area contributed by atoms with E-state index in [0.29, 0.717) is 10.7 Å². The first-order valence-electron chi connectivity index (χ1n) is 12.2. The van der Waals surface area contributed by atoms with Gasteiger partial charge < -0.3 is 16.0 Å². The van der Waals surface area contributed by atoms with E-state index in [2.05, 4.69) is 22.0 Å². The number of nitrogens with one attached hydrogen (secondary N) is 3. The number of thiocarbonyl (C=S) groups is 1. The molecule has 0 spiro atoms. The summed E-state index contributed by atoms with van der Waals surface area (Å²) < 4.78 is 0. The minimum Gasteiger partial charge on any atom is -0.332 e. The normalized spacial score (nSPS) is 11.3. The van der Waals surface area contributed by atoms with E-state index in [0.717, 1.165) is 38.6 Å². The summed E-state index contributed by atoms with van der Waals surface area (Å²) in [5.41, 5.74) is 6.14. The molecule has 0 saturated heterocycles. The molecule has 1 atom stereocenters. The molecule has 192 valence electrons. The molecule has 1 unspecified atom stereocenters. The Morgan fingerprint density at radius 2 is 1.47 bits per heavy atom. The molecule has 0 heterocycles. The quantitative estimate of drug-likeness (QED) is 0.121. The van der Waals surface area contributed by atoms with E-state index in [9.17, 15) is 9.59 Å². The molecule has 5 nitrogen and oxygen atoms in total. The highest BCUT2D eigenvalue weighted by atomic mass is 32.2. The average Bonchev–Trinajstić information content (AvgIpc) is 2.90. The highest BCUT2D eigenvalue weighted by molar-refractivity contribution is 8.00. The number of carbonyl (C=O) groups is 2. The Balaban J connectivity index is 1.48. The number of Topliss-reactive ketones (excluding diaryl/α,β-unsaturated/α-hetero) is 1. The molecular weight excluding hydrogens is 510 g/mol. The fraction of sp³-hybridized carbons (Fsp3) is 0.129. The van der Waals surface area contributed by atoms with Crippen LogP contribution in [0.3, 0.4) is 0 Å². The maximum absolute atomic E-state index is 13.5. The first-order valence-corrected chi connectivity index (χ1v) is 13.5. The Hall–Kier alpha value is -3.94. The molecule has 38 heavy (non-hydrogen) atoms. The standard InChI is InChI=1S/C31H29N3O2S2/c1-20-12-17-28(21(2)18-20)34-30(36)29(24-8-5-4-6-9-24)38-27-11-7-10-26(19-27)33-31(37)32-25-15-13-23(14-16-25)22(3)35/h4-19,29H,1-3H3,(H,34,36)(H2,32,33,37). The molecule has 0 aromatic heterocycles. The van der Waals surface area contributed by atoms with Crippen molar-refractivity contribution in [3.05, 3.63) is 119 Å². The molecule has 4 aromatic carbocycles. The van der Waals surface area contributed by atoms with Crippen LogP contribution in [0.25, 0.3) is 0 Å². The van der Waals surface area contributed by atoms with Crippen LogP contribution in [-0.4, -0.2) is 16.8 Å². The van der Waals surface area contributed by atoms with Gasteiger partial charge in [0.15, 0.2) is 10.9 Å². The van der Waals surface area contributed by atoms with Crippen LogP contribution < -0.4 is 16.0 Å². The topological polar surface area (TPSA) is 70.2 Å². The zero-order valence-electron chi connectivity index (χ0n) is 21.4. The van der Waals surface area contributed by atoms with Gasteiger partial charge in [0.2, 0.25) is 5.91 Å². The summed E-state index contributed by atoms with van der Waals surface area (Å²) >= 11 is 6.97. The van der Waals surface area contributed by atoms with Crippen molar-refractivity contribution in [1.29, 1.82) is 0 Å². The van der Waals surface area contributed by atoms with Crippen LogP contribution in [-0.2, 0) is 4.79 Å². The summed E-state index contributed by atoms with van der Waals surface area (Å²) in [6.45, 7) is 5.57. The Labute approximate surface area is 233 Å². The molecule has 0 aliphatic carbocycles. The maximum Gasteiger partial charge on any atom is 0.242 e. The number of benzene rings is 4. The lowest BCUT2D eigenvalue weighted by atomic mass is 10.1. The number of anilines is 3. The molecule has 0 fully saturated rings. The molecule has 0 bridgehead atoms. The molecule has 0 aliphatic rings. The third-order valence-electron chi connectivity index (χ3n) is 5.88. The number of aryl methyl sites for hydroxylation is 2. The van der Waals surface area contributed by atoms with Gasteiger partial charge in [0.1, 0.15) is 5.25 Å². The Morgan fingerprint density at radius 3 is 2.16 bits per heavy atom. The van der Waals surface area contributed by atoms with Crippen LogP contribution in [0.2, 0.25) is 0 Å². The predicted molar refractivity (Wildman–Crippen MR) is 162 cm³/mol. The second kappa shape index (κ2) is 12.5. The van der Waals surface area contributed by atoms with Crippen molar-refractivity contribution in [2.45, 2.75) is 30.9 Å². The summed E-state index contributed by atoms with van der Waals surface area (Å²) in [6.07, 6.45) is 0. The van der Waals surface area contributed by atoms with Gasteiger partial charge in [0.05, 0.1) is 0 Å². The lowest BCUT2D eigenvalue weighted by Crippen LogP contribution is -2.20. The Kier molecular flexibility index (Phi) is 8.94. The molecule has 4 rings (SSSR count). The van der Waals surface area contributed by atoms with Gasteiger partial charge in [-0.15, -0.1) is 11.8 Å². The van der Waals surface area contributed by atoms with Crippen molar-refractivity contribution in [2.75, 3.05) is 16.0 Å². The van der Waals surface area contributed by atoms with Gasteiger partial charge >= 0.3 is 0 Å². The van der Waals surface area contributed by atoms with Crippen molar-refractivity contribution in [3.63, 3.8) is 0 Å². The number of rotatable bonds is 8. The van der Waals surface area contributed by atoms with Gasteiger partial charge in [-0.05, 0) is 92.6 Å². The van der Waals surface area contributed by atoms with Gasteiger partial charge in [0.25, 0.3) is 0 Å². The summed E-state index contributed by atoms with van der Waals surface area (Å²) in [5, 5.41) is 9.43. The third-order valence-corrected chi connectivity index (χ3v) is 7.33. The summed E-state index contributed by atoms with van der Waals surface area (Å²) in [4.78, 5) is 25.9. The van der Waals surface area contributed by atoms with Gasteiger partial charge in [-0.25, -0.2) is 0 Å². The van der Waals surface area contributed by atoms with E-state index in [1.54, 1.807) is 12.1 Å². The van der Waals surface area contributed by atoms with Gasteiger partial charge in [-0.1, -0.05) is 54.1 Å². The lowest BCUT2D eigenvalue weighted by molar-refractivity contribution is -0.115. The molecule has 1 amide bonds. The van der Waals surface area contributed by atoms with E-state index in [1.807, 2.05) is 92.7 Å². The van der Waals surface area contributed by atoms with Crippen LogP contribution in [0.1, 0.15) is 39.2 Å². The van der Waals surface area contributed by atoms with E-state index >= 15 is 0 Å². The highest BCUT2D eigenvalue weighted by Gasteiger charge is 2.23. The summed E-state index contributed by atoms with van der Waals surface area (Å²) in [6, 6.07) is 30.7. The molecule has 7 heteroatoms. The molecule has 3 N–H and O–H groups in total. The molecule has 0 aliphatic heterocycles. The van der Waals surface area contributed by atoms with Crippen molar-refractivity contribution >= 4 is 57.8 Å². The Bertz CT molecular complexity index is 1450. The second-order valence-corrected chi connectivity index (χ2v) is 10.5. The smallest absolute Gasteiger partial charge is 0.242 e. The molecule has 0 saturated carbocycles. The monoisotopic (exact) mass is 539 g/mol. The zero-order chi connectivity index (χ0) is 27.1. The largest absolute Gasteiger partial charge is 0.332 e. The summed E-state index contributed by atoms with van der Waals surface area (Å²) in [5.74, 6) is -0.0687. The lowest BCUT2D eigenvalue weighted by Gasteiger charge is -2.19. The number of ketones is 1. The zero-order valence-corrected chi connectivity index (χ0v) is 23.1. The highest BCUT2D eigenvalue weighted by Crippen LogP contribution is 2.37. The molecule has 4 aromatic rings. The SMILES string of the molecule is CC(=O)c1ccc(NC(=S)Nc2cccc(SC(C(=O)Nc3ccc(C)cc3C)c3ccccc3)c2)cc1. The van der Waals surface area contributed by atoms with Gasteiger partial charge in [0, 0.05) is 27.5 Å². The number of hydrogen-bond donors (Lipinski definition) is 3. The first-order chi connectivity index (χ1) is 18.3. The van der Waals surface area contributed by atoms with E-state index in [-0.39, 0.29) is 11.7 Å². The van der Waals surface area contributed by atoms with Crippen molar-refractivity contribution in [1.82, 2.24) is 0 Å². The first kappa shape index (κ1) is 27.1. The van der Waals surface area contributed by atoms with Crippen molar-refractivity contribution in [2.24, 2.45) is 0 Å². The van der Waals surface area contributed by atoms with E-state index in [4.69, 9.17) is 12.2 Å².